The van der Waals surface area contributed by atoms with Gasteiger partial charge in [-0.15, -0.1) is 0 Å². The Kier molecular flexibility index (Phi) is 0.592. The van der Waals surface area contributed by atoms with Gasteiger partial charge >= 0.3 is 0 Å². The van der Waals surface area contributed by atoms with Crippen molar-refractivity contribution in [1.29, 1.82) is 0 Å². The summed E-state index contributed by atoms with van der Waals surface area (Å²) in [7, 11) is 0. The maximum Gasteiger partial charge on any atom is -0.00248 e. The zero-order chi connectivity index (χ0) is 4.69. The van der Waals surface area contributed by atoms with Crippen LogP contribution in [0.1, 0.15) is 19.3 Å². The van der Waals surface area contributed by atoms with Crippen molar-refractivity contribution in [3.8, 4) is 0 Å². The van der Waals surface area contributed by atoms with Gasteiger partial charge < -0.3 is 0 Å². The molecule has 0 amide bonds. The van der Waals surface area contributed by atoms with Gasteiger partial charge in [0.15, 0.2) is 0 Å². The third kappa shape index (κ3) is 0.495. The molecule has 0 nitrogen and oxygen atoms in total. The first-order valence-electron chi connectivity index (χ1n) is 3.15. The second-order valence-electron chi connectivity index (χ2n) is 2.65. The van der Waals surface area contributed by atoms with E-state index in [1.165, 1.54) is 19.3 Å². The third-order valence-electron chi connectivity index (χ3n) is 2.11. The lowest BCUT2D eigenvalue weighted by Gasteiger charge is -2.24. The molecule has 0 heterocycles. The molecule has 2 aliphatic carbocycles. The van der Waals surface area contributed by atoms with E-state index in [-0.39, 0.29) is 0 Å². The summed E-state index contributed by atoms with van der Waals surface area (Å²) in [6, 6.07) is 0. The van der Waals surface area contributed by atoms with Crippen LogP contribution in [-0.2, 0) is 0 Å². The van der Waals surface area contributed by atoms with Crippen LogP contribution in [0.15, 0.2) is 12.2 Å². The zero-order valence-corrected chi connectivity index (χ0v) is 4.43. The van der Waals surface area contributed by atoms with Crippen molar-refractivity contribution in [2.75, 3.05) is 0 Å². The molecule has 0 unspecified atom stereocenters. The molecular weight excluding hydrogens is 84.1 g/mol. The van der Waals surface area contributed by atoms with Gasteiger partial charge in [0.05, 0.1) is 0 Å². The normalized spacial score (nSPS) is 30.3. The molecule has 0 bridgehead atoms. The molecule has 7 heavy (non-hydrogen) atoms. The predicted octanol–water partition coefficient (Wildman–Crippen LogP) is 1.97. The van der Waals surface area contributed by atoms with Crippen molar-refractivity contribution in [3.63, 3.8) is 0 Å². The standard InChI is InChI=1S/C7H10/c1-2-6(3-1)7-4-5-7/h4-7H,1-3H2. The van der Waals surface area contributed by atoms with Crippen LogP contribution in [-0.4, -0.2) is 0 Å². The van der Waals surface area contributed by atoms with Gasteiger partial charge in [-0.3, -0.25) is 0 Å². The Bertz CT molecular complexity index is 92.6. The molecule has 0 heteroatoms. The van der Waals surface area contributed by atoms with Crippen molar-refractivity contribution in [1.82, 2.24) is 0 Å². The van der Waals surface area contributed by atoms with Gasteiger partial charge in [-0.2, -0.15) is 0 Å². The second kappa shape index (κ2) is 1.12. The maximum atomic E-state index is 2.32. The first-order chi connectivity index (χ1) is 3.47. The van der Waals surface area contributed by atoms with Crippen LogP contribution in [0, 0.1) is 11.8 Å². The quantitative estimate of drug-likeness (QED) is 0.436. The number of allylic oxidation sites excluding steroid dienone is 2. The Morgan fingerprint density at radius 1 is 1.14 bits per heavy atom. The summed E-state index contributed by atoms with van der Waals surface area (Å²) in [6.07, 6.45) is 9.13. The average molecular weight is 94.2 g/mol. The molecule has 0 aromatic heterocycles. The van der Waals surface area contributed by atoms with Gasteiger partial charge in [0, 0.05) is 0 Å². The van der Waals surface area contributed by atoms with E-state index < -0.39 is 0 Å². The Morgan fingerprint density at radius 2 is 1.86 bits per heavy atom. The molecule has 0 aliphatic heterocycles. The highest BCUT2D eigenvalue weighted by Crippen LogP contribution is 2.40. The van der Waals surface area contributed by atoms with Crippen molar-refractivity contribution in [2.45, 2.75) is 19.3 Å². The van der Waals surface area contributed by atoms with Crippen LogP contribution in [0.2, 0.25) is 0 Å². The van der Waals surface area contributed by atoms with Gasteiger partial charge in [0.2, 0.25) is 0 Å². The highest BCUT2D eigenvalue weighted by molar-refractivity contribution is 5.16. The van der Waals surface area contributed by atoms with Crippen LogP contribution >= 0.6 is 0 Å². The molecule has 0 saturated heterocycles. The first-order valence-corrected chi connectivity index (χ1v) is 3.15. The molecule has 2 aliphatic rings. The number of hydrogen-bond acceptors (Lipinski definition) is 0. The van der Waals surface area contributed by atoms with E-state index >= 15 is 0 Å². The number of hydrogen-bond donors (Lipinski definition) is 0. The van der Waals surface area contributed by atoms with Gasteiger partial charge in [0.1, 0.15) is 0 Å². The molecule has 1 saturated carbocycles. The Balaban J connectivity index is 1.85. The van der Waals surface area contributed by atoms with E-state index in [1.807, 2.05) is 0 Å². The van der Waals surface area contributed by atoms with E-state index in [4.69, 9.17) is 0 Å². The Labute approximate surface area is 44.2 Å². The van der Waals surface area contributed by atoms with E-state index in [9.17, 15) is 0 Å². The fraction of sp³-hybridized carbons (Fsp3) is 0.714. The molecular formula is C7H10. The van der Waals surface area contributed by atoms with Gasteiger partial charge in [-0.25, -0.2) is 0 Å². The summed E-state index contributed by atoms with van der Waals surface area (Å²) >= 11 is 0. The lowest BCUT2D eigenvalue weighted by molar-refractivity contribution is 0.292. The summed E-state index contributed by atoms with van der Waals surface area (Å²) in [5, 5.41) is 0. The minimum Gasteiger partial charge on any atom is -0.0807 e. The molecule has 1 fully saturated rings. The molecule has 0 atom stereocenters. The summed E-state index contributed by atoms with van der Waals surface area (Å²) in [5.74, 6) is 2.04. The van der Waals surface area contributed by atoms with Crippen LogP contribution < -0.4 is 0 Å². The first kappa shape index (κ1) is 3.71. The minimum atomic E-state index is 0.953. The molecule has 0 spiro atoms. The largest absolute Gasteiger partial charge is 0.0807 e. The van der Waals surface area contributed by atoms with Crippen molar-refractivity contribution in [2.24, 2.45) is 11.8 Å². The van der Waals surface area contributed by atoms with Crippen LogP contribution in [0.5, 0.6) is 0 Å². The van der Waals surface area contributed by atoms with Crippen LogP contribution in [0.4, 0.5) is 0 Å². The summed E-state index contributed by atoms with van der Waals surface area (Å²) in [5.41, 5.74) is 0. The van der Waals surface area contributed by atoms with Crippen LogP contribution in [0.25, 0.3) is 0 Å². The van der Waals surface area contributed by atoms with E-state index in [0.29, 0.717) is 0 Å². The topological polar surface area (TPSA) is 0 Å². The molecule has 38 valence electrons. The van der Waals surface area contributed by atoms with E-state index in [0.717, 1.165) is 11.8 Å². The molecule has 0 aromatic carbocycles. The average Bonchev–Trinajstić information content (AvgIpc) is 2.10. The highest BCUT2D eigenvalue weighted by atomic mass is 14.3. The highest BCUT2D eigenvalue weighted by Gasteiger charge is 2.28. The monoisotopic (exact) mass is 94.1 g/mol. The SMILES string of the molecule is C1=CC1C1CCC1. The van der Waals surface area contributed by atoms with Crippen molar-refractivity contribution < 1.29 is 0 Å². The number of rotatable bonds is 1. The molecule has 0 aromatic rings. The summed E-state index contributed by atoms with van der Waals surface area (Å²) in [4.78, 5) is 0. The maximum absolute atomic E-state index is 2.32. The zero-order valence-electron chi connectivity index (χ0n) is 4.43. The molecule has 0 N–H and O–H groups in total. The van der Waals surface area contributed by atoms with E-state index in [2.05, 4.69) is 12.2 Å². The summed E-state index contributed by atoms with van der Waals surface area (Å²) < 4.78 is 0. The Morgan fingerprint density at radius 3 is 2.00 bits per heavy atom. The molecule has 2 rings (SSSR count). The van der Waals surface area contributed by atoms with Gasteiger partial charge in [-0.1, -0.05) is 18.6 Å². The fourth-order valence-corrected chi connectivity index (χ4v) is 1.20. The van der Waals surface area contributed by atoms with Crippen molar-refractivity contribution in [3.05, 3.63) is 12.2 Å². The fourth-order valence-electron chi connectivity index (χ4n) is 1.20. The predicted molar refractivity (Wildman–Crippen MR) is 30.0 cm³/mol. The minimum absolute atomic E-state index is 0.953. The molecule has 0 radical (unpaired) electrons. The summed E-state index contributed by atoms with van der Waals surface area (Å²) in [6.45, 7) is 0. The smallest absolute Gasteiger partial charge is 0.00248 e. The second-order valence-corrected chi connectivity index (χ2v) is 2.65. The third-order valence-corrected chi connectivity index (χ3v) is 2.11. The Hall–Kier alpha value is -0.260. The van der Waals surface area contributed by atoms with Crippen molar-refractivity contribution >= 4 is 0 Å². The lowest BCUT2D eigenvalue weighted by Crippen LogP contribution is -2.12. The lowest BCUT2D eigenvalue weighted by atomic mass is 9.81. The van der Waals surface area contributed by atoms with Gasteiger partial charge in [-0.05, 0) is 24.7 Å². The van der Waals surface area contributed by atoms with Crippen LogP contribution in [0.3, 0.4) is 0 Å². The van der Waals surface area contributed by atoms with Gasteiger partial charge in [0.25, 0.3) is 0 Å². The van der Waals surface area contributed by atoms with E-state index in [1.54, 1.807) is 0 Å².